The molecule has 13 aromatic rings. The molecule has 6 nitrogen and oxygen atoms in total. The third-order valence-electron chi connectivity index (χ3n) is 13.6. The lowest BCUT2D eigenvalue weighted by Gasteiger charge is -2.22. The van der Waals surface area contributed by atoms with Crippen LogP contribution >= 0.6 is 0 Å². The van der Waals surface area contributed by atoms with Gasteiger partial charge in [0.1, 0.15) is 11.6 Å². The van der Waals surface area contributed by atoms with Crippen LogP contribution in [0.5, 0.6) is 11.5 Å². The molecule has 13 rings (SSSR count). The van der Waals surface area contributed by atoms with Gasteiger partial charge in [-0.3, -0.25) is 13.7 Å². The number of rotatable bonds is 8. The van der Waals surface area contributed by atoms with Gasteiger partial charge in [-0.2, -0.15) is 0 Å². The lowest BCUT2D eigenvalue weighted by Crippen LogP contribution is -2.30. The maximum Gasteiger partial charge on any atom is 0.269 e. The van der Waals surface area contributed by atoms with Crippen LogP contribution in [0, 0.1) is 6.33 Å². The van der Waals surface area contributed by atoms with Gasteiger partial charge < -0.3 is 9.30 Å². The summed E-state index contributed by atoms with van der Waals surface area (Å²) in [5, 5.41) is 4.60. The van der Waals surface area contributed by atoms with Gasteiger partial charge in [0.2, 0.25) is 0 Å². The Morgan fingerprint density at radius 2 is 1.06 bits per heavy atom. The summed E-state index contributed by atoms with van der Waals surface area (Å²) >= 11 is 0. The summed E-state index contributed by atoms with van der Waals surface area (Å²) in [6.07, 6.45) is 3.76. The van der Waals surface area contributed by atoms with Crippen LogP contribution in [0.4, 0.5) is 0 Å². The molecule has 0 amide bonds. The smallest absolute Gasteiger partial charge is 0.269 e. The summed E-state index contributed by atoms with van der Waals surface area (Å²) in [7, 11) is 0. The SMILES string of the molecule is CC(C)(C)c1cc(-c2ccccc2)nc(-n2c3ccccc3c3cc(-n4c5ccccc5c5ccccc54)c(Oc4cccc(-n5[c-][n+](-c6ccccc6-c6ccccc6)c6ccccc65)c4)cc32)c1. The van der Waals surface area contributed by atoms with E-state index in [0.717, 1.165) is 89.1 Å². The molecule has 0 aliphatic carbocycles. The van der Waals surface area contributed by atoms with Gasteiger partial charge in [-0.05, 0) is 82.8 Å². The Balaban J connectivity index is 1.03. The molecular weight excluding hydrogens is 855 g/mol. The normalized spacial score (nSPS) is 11.9. The lowest BCUT2D eigenvalue weighted by atomic mass is 9.86. The van der Waals surface area contributed by atoms with Gasteiger partial charge in [0.15, 0.2) is 5.75 Å². The average molecular weight is 902 g/mol. The Hall–Kier alpha value is -9.00. The number of aromatic nitrogens is 5. The molecule has 0 aliphatic heterocycles. The first-order chi connectivity index (χ1) is 34.4. The zero-order valence-corrected chi connectivity index (χ0v) is 39.1. The third-order valence-corrected chi connectivity index (χ3v) is 13.6. The Bertz CT molecular complexity index is 4080. The van der Waals surface area contributed by atoms with Crippen LogP contribution in [0.2, 0.25) is 0 Å². The van der Waals surface area contributed by atoms with Crippen molar-refractivity contribution in [1.82, 2.24) is 18.7 Å². The van der Waals surface area contributed by atoms with Gasteiger partial charge >= 0.3 is 0 Å². The van der Waals surface area contributed by atoms with Crippen LogP contribution in [0.25, 0.3) is 99.9 Å². The second-order valence-electron chi connectivity index (χ2n) is 19.0. The molecule has 6 heteroatoms. The van der Waals surface area contributed by atoms with Gasteiger partial charge in [-0.15, -0.1) is 0 Å². The van der Waals surface area contributed by atoms with Gasteiger partial charge in [-0.1, -0.05) is 185 Å². The molecule has 0 N–H and O–H groups in total. The number of hydrogen-bond acceptors (Lipinski definition) is 2. The van der Waals surface area contributed by atoms with Crippen LogP contribution < -0.4 is 9.30 Å². The van der Waals surface area contributed by atoms with E-state index in [2.05, 4.69) is 270 Å². The molecule has 0 fully saturated rings. The van der Waals surface area contributed by atoms with Crippen molar-refractivity contribution in [2.45, 2.75) is 26.2 Å². The lowest BCUT2D eigenvalue weighted by molar-refractivity contribution is -0.571. The number of para-hydroxylation sites is 6. The van der Waals surface area contributed by atoms with E-state index in [1.165, 1.54) is 16.3 Å². The third kappa shape index (κ3) is 6.87. The highest BCUT2D eigenvalue weighted by atomic mass is 16.5. The van der Waals surface area contributed by atoms with Crippen molar-refractivity contribution in [2.24, 2.45) is 0 Å². The molecule has 0 spiro atoms. The number of nitrogens with zero attached hydrogens (tertiary/aromatic N) is 5. The fourth-order valence-corrected chi connectivity index (χ4v) is 10.3. The molecule has 0 unspecified atom stereocenters. The Morgan fingerprint density at radius 1 is 0.471 bits per heavy atom. The number of imidazole rings is 1. The molecule has 70 heavy (non-hydrogen) atoms. The zero-order valence-electron chi connectivity index (χ0n) is 39.1. The van der Waals surface area contributed by atoms with Crippen molar-refractivity contribution >= 4 is 54.6 Å². The average Bonchev–Trinajstić information content (AvgIpc) is 4.07. The van der Waals surface area contributed by atoms with Crippen LogP contribution in [-0.2, 0) is 5.41 Å². The van der Waals surface area contributed by atoms with Crippen molar-refractivity contribution in [1.29, 1.82) is 0 Å². The van der Waals surface area contributed by atoms with Crippen LogP contribution in [0.3, 0.4) is 0 Å². The molecule has 334 valence electrons. The molecule has 4 heterocycles. The largest absolute Gasteiger partial charge is 0.456 e. The minimum absolute atomic E-state index is 0.129. The Kier molecular flexibility index (Phi) is 9.63. The van der Waals surface area contributed by atoms with E-state index in [4.69, 9.17) is 9.72 Å². The van der Waals surface area contributed by atoms with Crippen LogP contribution in [0.1, 0.15) is 26.3 Å². The number of benzene rings is 9. The number of ether oxygens (including phenoxy) is 1. The monoisotopic (exact) mass is 901 g/mol. The fourth-order valence-electron chi connectivity index (χ4n) is 10.3. The minimum atomic E-state index is -0.129. The first-order valence-electron chi connectivity index (χ1n) is 23.9. The Labute approximate surface area is 406 Å². The van der Waals surface area contributed by atoms with E-state index >= 15 is 0 Å². The highest BCUT2D eigenvalue weighted by molar-refractivity contribution is 6.13. The topological polar surface area (TPSA) is 40.8 Å². The summed E-state index contributed by atoms with van der Waals surface area (Å²) in [4.78, 5) is 5.45. The van der Waals surface area contributed by atoms with E-state index in [1.807, 2.05) is 6.07 Å². The van der Waals surface area contributed by atoms with Crippen molar-refractivity contribution in [2.75, 3.05) is 0 Å². The highest BCUT2D eigenvalue weighted by Crippen LogP contribution is 2.43. The molecule has 4 aromatic heterocycles. The molecular formula is C64H47N5O. The van der Waals surface area contributed by atoms with Crippen molar-refractivity contribution in [3.8, 4) is 56.8 Å². The summed E-state index contributed by atoms with van der Waals surface area (Å²) in [5.74, 6) is 2.26. The molecule has 0 radical (unpaired) electrons. The standard InChI is InChI=1S/C64H47N5O/c1-64(2,3)45-37-53(44-23-8-5-9-24-44)65-63(38-45)69-57-34-17-13-30-51(57)52-40-61(68-55-32-15-11-28-49(55)50-29-12-16-33-56(50)68)62(41-60(52)69)70-47-26-20-25-46(39-47)66-42-67(59-36-19-18-35-58(59)66)54-31-14-10-27-48(54)43-21-6-4-7-22-43/h4-41H,1-3H3. The van der Waals surface area contributed by atoms with Crippen LogP contribution in [0.15, 0.2) is 231 Å². The predicted molar refractivity (Wildman–Crippen MR) is 286 cm³/mol. The number of fused-ring (bicyclic) bond motifs is 7. The van der Waals surface area contributed by atoms with Crippen molar-refractivity contribution in [3.05, 3.63) is 242 Å². The summed E-state index contributed by atoms with van der Waals surface area (Å²) in [6, 6.07) is 81.4. The molecule has 0 saturated carbocycles. The van der Waals surface area contributed by atoms with E-state index in [1.54, 1.807) is 0 Å². The van der Waals surface area contributed by atoms with Gasteiger partial charge in [0.05, 0.1) is 55.9 Å². The summed E-state index contributed by atoms with van der Waals surface area (Å²) in [5.41, 5.74) is 14.6. The number of hydrogen-bond donors (Lipinski definition) is 0. The predicted octanol–water partition coefficient (Wildman–Crippen LogP) is 15.7. The first kappa shape index (κ1) is 41.2. The van der Waals surface area contributed by atoms with E-state index in [-0.39, 0.29) is 5.41 Å². The van der Waals surface area contributed by atoms with Crippen molar-refractivity contribution in [3.63, 3.8) is 0 Å². The van der Waals surface area contributed by atoms with Crippen LogP contribution in [-0.4, -0.2) is 18.7 Å². The van der Waals surface area contributed by atoms with E-state index < -0.39 is 0 Å². The second-order valence-corrected chi connectivity index (χ2v) is 19.0. The van der Waals surface area contributed by atoms with E-state index in [0.29, 0.717) is 11.5 Å². The van der Waals surface area contributed by atoms with Gasteiger partial charge in [-0.25, -0.2) is 4.98 Å². The maximum absolute atomic E-state index is 7.35. The van der Waals surface area contributed by atoms with Crippen molar-refractivity contribution < 1.29 is 9.30 Å². The van der Waals surface area contributed by atoms with Gasteiger partial charge in [0, 0.05) is 33.2 Å². The number of pyridine rings is 1. The molecule has 0 saturated heterocycles. The Morgan fingerprint density at radius 3 is 1.76 bits per heavy atom. The first-order valence-corrected chi connectivity index (χ1v) is 23.9. The minimum Gasteiger partial charge on any atom is -0.456 e. The zero-order chi connectivity index (χ0) is 46.9. The van der Waals surface area contributed by atoms with Gasteiger partial charge in [0.25, 0.3) is 6.33 Å². The summed E-state index contributed by atoms with van der Waals surface area (Å²) < 4.78 is 16.3. The molecule has 0 bridgehead atoms. The maximum atomic E-state index is 7.35. The molecule has 0 aliphatic rings. The molecule has 9 aromatic carbocycles. The fraction of sp³-hybridized carbons (Fsp3) is 0.0625. The summed E-state index contributed by atoms with van der Waals surface area (Å²) in [6.45, 7) is 6.80. The van der Waals surface area contributed by atoms with E-state index in [9.17, 15) is 0 Å². The quantitative estimate of drug-likeness (QED) is 0.113. The molecule has 0 atom stereocenters. The highest BCUT2D eigenvalue weighted by Gasteiger charge is 2.24. The second kappa shape index (κ2) is 16.4.